The highest BCUT2D eigenvalue weighted by Gasteiger charge is 2.49. The van der Waals surface area contributed by atoms with E-state index in [1.165, 1.54) is 4.90 Å². The third-order valence-corrected chi connectivity index (χ3v) is 3.01. The normalized spacial score (nSPS) is 28.1. The van der Waals surface area contributed by atoms with Gasteiger partial charge in [0.25, 0.3) is 0 Å². The molecule has 2 rings (SSSR count). The Bertz CT molecular complexity index is 427. The highest BCUT2D eigenvalue weighted by Crippen LogP contribution is 2.33. The van der Waals surface area contributed by atoms with Crippen molar-refractivity contribution in [2.24, 2.45) is 0 Å². The summed E-state index contributed by atoms with van der Waals surface area (Å²) < 4.78 is 10.0. The lowest BCUT2D eigenvalue weighted by atomic mass is 10.1. The molecule has 1 aliphatic rings. The van der Waals surface area contributed by atoms with E-state index < -0.39 is 17.9 Å². The molecule has 0 spiro atoms. The summed E-state index contributed by atoms with van der Waals surface area (Å²) >= 11 is 0. The molecule has 1 saturated heterocycles. The van der Waals surface area contributed by atoms with Gasteiger partial charge in [-0.3, -0.25) is 0 Å². The van der Waals surface area contributed by atoms with Crippen LogP contribution in [0.1, 0.15) is 13.8 Å². The lowest BCUT2D eigenvalue weighted by Gasteiger charge is -2.28. The molecule has 92 valence electrons. The summed E-state index contributed by atoms with van der Waals surface area (Å²) in [5.41, 5.74) is -0.767. The molecule has 17 heavy (non-hydrogen) atoms. The number of amides is 1. The van der Waals surface area contributed by atoms with Gasteiger partial charge in [0.1, 0.15) is 11.9 Å². The van der Waals surface area contributed by atoms with E-state index in [0.29, 0.717) is 11.4 Å². The van der Waals surface area contributed by atoms with E-state index in [1.54, 1.807) is 45.2 Å². The number of aliphatic hydroxyl groups is 1. The fourth-order valence-electron chi connectivity index (χ4n) is 1.78. The maximum absolute atomic E-state index is 11.7. The summed E-state index contributed by atoms with van der Waals surface area (Å²) in [5.74, 6) is 0.689. The third-order valence-electron chi connectivity index (χ3n) is 3.01. The molecule has 0 saturated carbocycles. The van der Waals surface area contributed by atoms with Gasteiger partial charge in [0, 0.05) is 0 Å². The number of hydrogen-bond donors (Lipinski definition) is 1. The minimum absolute atomic E-state index is 0.548. The first-order chi connectivity index (χ1) is 7.96. The molecule has 0 aromatic heterocycles. The van der Waals surface area contributed by atoms with Crippen molar-refractivity contribution in [3.05, 3.63) is 24.3 Å². The number of benzene rings is 1. The molecule has 1 aromatic rings. The maximum Gasteiger partial charge on any atom is 0.417 e. The van der Waals surface area contributed by atoms with Gasteiger partial charge in [-0.1, -0.05) is 0 Å². The molecule has 0 radical (unpaired) electrons. The Balaban J connectivity index is 2.35. The van der Waals surface area contributed by atoms with E-state index in [0.717, 1.165) is 0 Å². The van der Waals surface area contributed by atoms with E-state index in [1.807, 2.05) is 0 Å². The van der Waals surface area contributed by atoms with E-state index in [9.17, 15) is 9.90 Å². The van der Waals surface area contributed by atoms with Crippen molar-refractivity contribution in [3.63, 3.8) is 0 Å². The minimum atomic E-state index is -1.34. The SMILES string of the molecule is COc1ccc(N2C(=O)O[C@@H](C)[C@@]2(C)O)cc1. The van der Waals surface area contributed by atoms with Gasteiger partial charge in [-0.05, 0) is 38.1 Å². The van der Waals surface area contributed by atoms with Gasteiger partial charge in [-0.25, -0.2) is 9.69 Å². The molecule has 0 aliphatic carbocycles. The molecular formula is C12H15NO4. The van der Waals surface area contributed by atoms with Crippen LogP contribution in [0.15, 0.2) is 24.3 Å². The second kappa shape index (κ2) is 3.92. The highest BCUT2D eigenvalue weighted by molar-refractivity contribution is 5.91. The largest absolute Gasteiger partial charge is 0.497 e. The summed E-state index contributed by atoms with van der Waals surface area (Å²) in [6, 6.07) is 6.85. The highest BCUT2D eigenvalue weighted by atomic mass is 16.6. The molecule has 5 nitrogen and oxygen atoms in total. The number of cyclic esters (lactones) is 1. The molecule has 1 aliphatic heterocycles. The summed E-state index contributed by atoms with van der Waals surface area (Å²) in [6.45, 7) is 3.20. The zero-order valence-corrected chi connectivity index (χ0v) is 10.0. The van der Waals surface area contributed by atoms with Crippen molar-refractivity contribution < 1.29 is 19.4 Å². The van der Waals surface area contributed by atoms with Crippen LogP contribution < -0.4 is 9.64 Å². The number of carbonyl (C=O) groups is 1. The Morgan fingerprint density at radius 1 is 1.41 bits per heavy atom. The molecule has 1 heterocycles. The molecule has 1 N–H and O–H groups in total. The van der Waals surface area contributed by atoms with Crippen molar-refractivity contribution in [2.45, 2.75) is 25.7 Å². The molecule has 0 bridgehead atoms. The Hall–Kier alpha value is -1.75. The summed E-state index contributed by atoms with van der Waals surface area (Å²) in [6.07, 6.45) is -1.12. The Morgan fingerprint density at radius 3 is 2.41 bits per heavy atom. The first-order valence-corrected chi connectivity index (χ1v) is 5.34. The smallest absolute Gasteiger partial charge is 0.417 e. The van der Waals surface area contributed by atoms with Crippen molar-refractivity contribution in [1.82, 2.24) is 0 Å². The number of ether oxygens (including phenoxy) is 2. The maximum atomic E-state index is 11.7. The van der Waals surface area contributed by atoms with Gasteiger partial charge in [-0.2, -0.15) is 0 Å². The number of hydrogen-bond acceptors (Lipinski definition) is 4. The van der Waals surface area contributed by atoms with E-state index in [-0.39, 0.29) is 0 Å². The fourth-order valence-corrected chi connectivity index (χ4v) is 1.78. The zero-order chi connectivity index (χ0) is 12.6. The number of carbonyl (C=O) groups excluding carboxylic acids is 1. The van der Waals surface area contributed by atoms with Crippen molar-refractivity contribution in [2.75, 3.05) is 12.0 Å². The van der Waals surface area contributed by atoms with Crippen LogP contribution in [0.5, 0.6) is 5.75 Å². The predicted octanol–water partition coefficient (Wildman–Crippen LogP) is 1.75. The van der Waals surface area contributed by atoms with Crippen LogP contribution in [0.3, 0.4) is 0 Å². The van der Waals surface area contributed by atoms with Gasteiger partial charge in [0.05, 0.1) is 12.8 Å². The molecule has 1 aromatic carbocycles. The topological polar surface area (TPSA) is 59.0 Å². The van der Waals surface area contributed by atoms with Crippen LogP contribution in [0.2, 0.25) is 0 Å². The first kappa shape index (κ1) is 11.7. The van der Waals surface area contributed by atoms with Gasteiger partial charge in [-0.15, -0.1) is 0 Å². The second-order valence-electron chi connectivity index (χ2n) is 4.15. The number of methoxy groups -OCH3 is 1. The average Bonchev–Trinajstić information content (AvgIpc) is 2.49. The molecule has 5 heteroatoms. The van der Waals surface area contributed by atoms with E-state index in [4.69, 9.17) is 9.47 Å². The third kappa shape index (κ3) is 1.82. The van der Waals surface area contributed by atoms with Crippen LogP contribution >= 0.6 is 0 Å². The van der Waals surface area contributed by atoms with Crippen molar-refractivity contribution >= 4 is 11.8 Å². The van der Waals surface area contributed by atoms with E-state index in [2.05, 4.69) is 0 Å². The summed E-state index contributed by atoms with van der Waals surface area (Å²) in [4.78, 5) is 12.9. The molecule has 1 fully saturated rings. The Morgan fingerprint density at radius 2 is 2.00 bits per heavy atom. The standard InChI is InChI=1S/C12H15NO4/c1-8-12(2,15)13(11(14)17-8)9-4-6-10(16-3)7-5-9/h4-8,15H,1-3H3/t8-,12+/m0/s1. The molecular weight excluding hydrogens is 222 g/mol. The first-order valence-electron chi connectivity index (χ1n) is 5.34. The molecule has 1 amide bonds. The van der Waals surface area contributed by atoms with Crippen LogP contribution in [0.4, 0.5) is 10.5 Å². The Kier molecular flexibility index (Phi) is 2.71. The predicted molar refractivity (Wildman–Crippen MR) is 62.0 cm³/mol. The van der Waals surface area contributed by atoms with Crippen LogP contribution in [0.25, 0.3) is 0 Å². The zero-order valence-electron chi connectivity index (χ0n) is 10.0. The Labute approximate surface area is 99.6 Å². The lowest BCUT2D eigenvalue weighted by Crippen LogP contribution is -2.48. The van der Waals surface area contributed by atoms with Gasteiger partial charge >= 0.3 is 6.09 Å². The van der Waals surface area contributed by atoms with Crippen molar-refractivity contribution in [1.29, 1.82) is 0 Å². The lowest BCUT2D eigenvalue weighted by molar-refractivity contribution is -0.00438. The van der Waals surface area contributed by atoms with Crippen LogP contribution in [-0.4, -0.2) is 30.1 Å². The minimum Gasteiger partial charge on any atom is -0.497 e. The van der Waals surface area contributed by atoms with Crippen LogP contribution in [0, 0.1) is 0 Å². The quantitative estimate of drug-likeness (QED) is 0.851. The van der Waals surface area contributed by atoms with Crippen molar-refractivity contribution in [3.8, 4) is 5.75 Å². The number of nitrogens with zero attached hydrogens (tertiary/aromatic N) is 1. The van der Waals surface area contributed by atoms with Gasteiger partial charge in [0.15, 0.2) is 5.72 Å². The molecule has 0 unspecified atom stereocenters. The number of anilines is 1. The fraction of sp³-hybridized carbons (Fsp3) is 0.417. The van der Waals surface area contributed by atoms with Gasteiger partial charge in [0.2, 0.25) is 0 Å². The van der Waals surface area contributed by atoms with E-state index >= 15 is 0 Å². The monoisotopic (exact) mass is 237 g/mol. The summed E-state index contributed by atoms with van der Waals surface area (Å²) in [7, 11) is 1.57. The molecule has 2 atom stereocenters. The number of rotatable bonds is 2. The average molecular weight is 237 g/mol. The van der Waals surface area contributed by atoms with Gasteiger partial charge < -0.3 is 14.6 Å². The second-order valence-corrected chi connectivity index (χ2v) is 4.15. The van der Waals surface area contributed by atoms with Crippen LogP contribution in [-0.2, 0) is 4.74 Å². The summed E-state index contributed by atoms with van der Waals surface area (Å²) in [5, 5.41) is 10.2.